The number of nitrogens with two attached hydrogens (primary N) is 4. The molecule has 1 amide bonds. The topological polar surface area (TPSA) is 182 Å². The van der Waals surface area contributed by atoms with Gasteiger partial charge < -0.3 is 32.1 Å². The van der Waals surface area contributed by atoms with E-state index >= 15 is 0 Å². The summed E-state index contributed by atoms with van der Waals surface area (Å²) in [4.78, 5) is 23.5. The Kier molecular flexibility index (Phi) is 3.85. The molecule has 2 aromatic heterocycles. The fraction of sp³-hybridized carbons (Fsp3) is 0.0667. The van der Waals surface area contributed by atoms with Gasteiger partial charge in [-0.15, -0.1) is 0 Å². The van der Waals surface area contributed by atoms with E-state index in [1.165, 1.54) is 0 Å². The van der Waals surface area contributed by atoms with Gasteiger partial charge >= 0.3 is 5.91 Å². The average Bonchev–Trinajstić information content (AvgIpc) is 2.96. The van der Waals surface area contributed by atoms with Crippen LogP contribution in [0.5, 0.6) is 5.75 Å². The van der Waals surface area contributed by atoms with E-state index < -0.39 is 11.9 Å². The molecule has 1 aromatic carbocycles. The maximum Gasteiger partial charge on any atom is 0.302 e. The Bertz CT molecular complexity index is 1010. The number of ether oxygens (including phenoxy) is 1. The highest BCUT2D eigenvalue weighted by molar-refractivity contribution is 6.03. The van der Waals surface area contributed by atoms with Crippen LogP contribution < -0.4 is 27.7 Å². The first-order valence-corrected chi connectivity index (χ1v) is 7.04. The third-order valence-corrected chi connectivity index (χ3v) is 3.34. The standard InChI is InChI=1S/C15H15N7O3/c1-24-7-2-3-8-6(4-7)5-9(25-8)10-12(16)21-13(17)11(20-10)14(23)22-15(18)19/h2-5H,1H3,(H4,16,17,21)(H4,18,19,22,23). The van der Waals surface area contributed by atoms with Crippen LogP contribution in [0.4, 0.5) is 11.6 Å². The zero-order valence-corrected chi connectivity index (χ0v) is 13.2. The Labute approximate surface area is 141 Å². The van der Waals surface area contributed by atoms with Gasteiger partial charge in [0.15, 0.2) is 29.0 Å². The van der Waals surface area contributed by atoms with E-state index in [9.17, 15) is 4.79 Å². The highest BCUT2D eigenvalue weighted by atomic mass is 16.5. The van der Waals surface area contributed by atoms with Gasteiger partial charge in [-0.05, 0) is 24.3 Å². The molecule has 0 aliphatic rings. The lowest BCUT2D eigenvalue weighted by Gasteiger charge is -2.05. The maximum absolute atomic E-state index is 12.0. The first kappa shape index (κ1) is 16.1. The van der Waals surface area contributed by atoms with Crippen LogP contribution in [-0.4, -0.2) is 28.9 Å². The van der Waals surface area contributed by atoms with Gasteiger partial charge in [-0.1, -0.05) is 0 Å². The summed E-state index contributed by atoms with van der Waals surface area (Å²) in [6, 6.07) is 6.98. The number of anilines is 2. The predicted molar refractivity (Wildman–Crippen MR) is 92.8 cm³/mol. The van der Waals surface area contributed by atoms with Gasteiger partial charge in [0.25, 0.3) is 0 Å². The molecule has 0 aliphatic carbocycles. The molecule has 0 fully saturated rings. The highest BCUT2D eigenvalue weighted by Crippen LogP contribution is 2.32. The summed E-state index contributed by atoms with van der Waals surface area (Å²) in [7, 11) is 1.56. The molecule has 0 aliphatic heterocycles. The molecule has 0 radical (unpaired) electrons. The molecule has 0 unspecified atom stereocenters. The van der Waals surface area contributed by atoms with E-state index in [-0.39, 0.29) is 23.0 Å². The molecule has 128 valence electrons. The lowest BCUT2D eigenvalue weighted by Crippen LogP contribution is -2.25. The van der Waals surface area contributed by atoms with Crippen LogP contribution in [0.3, 0.4) is 0 Å². The van der Waals surface area contributed by atoms with Gasteiger partial charge in [0.2, 0.25) is 0 Å². The Morgan fingerprint density at radius 2 is 1.92 bits per heavy atom. The van der Waals surface area contributed by atoms with Crippen molar-refractivity contribution in [2.75, 3.05) is 18.6 Å². The fourth-order valence-corrected chi connectivity index (χ4v) is 2.24. The molecule has 10 heteroatoms. The zero-order chi connectivity index (χ0) is 18.1. The maximum atomic E-state index is 12.0. The minimum Gasteiger partial charge on any atom is -0.497 e. The van der Waals surface area contributed by atoms with Crippen LogP contribution in [0.15, 0.2) is 33.7 Å². The van der Waals surface area contributed by atoms with Gasteiger partial charge in [0, 0.05) is 5.39 Å². The van der Waals surface area contributed by atoms with E-state index in [4.69, 9.17) is 32.1 Å². The molecule has 25 heavy (non-hydrogen) atoms. The van der Waals surface area contributed by atoms with Crippen molar-refractivity contribution in [1.29, 1.82) is 0 Å². The Morgan fingerprint density at radius 1 is 1.16 bits per heavy atom. The van der Waals surface area contributed by atoms with Gasteiger partial charge in [-0.2, -0.15) is 4.99 Å². The van der Waals surface area contributed by atoms with Crippen molar-refractivity contribution in [3.63, 3.8) is 0 Å². The van der Waals surface area contributed by atoms with Crippen LogP contribution in [0.1, 0.15) is 10.5 Å². The summed E-state index contributed by atoms with van der Waals surface area (Å²) in [6.45, 7) is 0. The number of guanidine groups is 1. The summed E-state index contributed by atoms with van der Waals surface area (Å²) in [5, 5.41) is 0.768. The molecule has 0 saturated heterocycles. The SMILES string of the molecule is COc1ccc2oc(-c3nc(C(=O)N=C(N)N)c(N)nc3N)cc2c1. The number of nitrogen functional groups attached to an aromatic ring is 2. The summed E-state index contributed by atoms with van der Waals surface area (Å²) in [5.74, 6) is -0.449. The number of carbonyl (C=O) groups is 1. The van der Waals surface area contributed by atoms with Crippen LogP contribution in [0.25, 0.3) is 22.4 Å². The zero-order valence-electron chi connectivity index (χ0n) is 13.2. The molecule has 0 atom stereocenters. The largest absolute Gasteiger partial charge is 0.497 e. The lowest BCUT2D eigenvalue weighted by molar-refractivity contribution is 0.0999. The minimum atomic E-state index is -0.830. The van der Waals surface area contributed by atoms with Crippen molar-refractivity contribution in [3.05, 3.63) is 30.0 Å². The number of fused-ring (bicyclic) bond motifs is 1. The quantitative estimate of drug-likeness (QED) is 0.388. The molecule has 0 spiro atoms. The number of furan rings is 1. The third kappa shape index (κ3) is 3.00. The summed E-state index contributed by atoms with van der Waals surface area (Å²) >= 11 is 0. The number of methoxy groups -OCH3 is 1. The van der Waals surface area contributed by atoms with Crippen LogP contribution >= 0.6 is 0 Å². The van der Waals surface area contributed by atoms with E-state index in [0.29, 0.717) is 17.1 Å². The van der Waals surface area contributed by atoms with Crippen molar-refractivity contribution < 1.29 is 13.9 Å². The molecular formula is C15H15N7O3. The normalized spacial score (nSPS) is 10.6. The van der Waals surface area contributed by atoms with Gasteiger partial charge in [-0.3, -0.25) is 4.79 Å². The van der Waals surface area contributed by atoms with Gasteiger partial charge in [-0.25, -0.2) is 9.97 Å². The summed E-state index contributed by atoms with van der Waals surface area (Å²) in [5.41, 5.74) is 22.5. The van der Waals surface area contributed by atoms with Crippen molar-refractivity contribution in [1.82, 2.24) is 9.97 Å². The molecule has 10 nitrogen and oxygen atoms in total. The number of rotatable bonds is 3. The molecule has 8 N–H and O–H groups in total. The highest BCUT2D eigenvalue weighted by Gasteiger charge is 2.20. The molecule has 3 rings (SSSR count). The molecular weight excluding hydrogens is 326 g/mol. The second kappa shape index (κ2) is 6.00. The lowest BCUT2D eigenvalue weighted by atomic mass is 10.2. The Hall–Kier alpha value is -3.82. The number of amides is 1. The number of nitrogens with zero attached hydrogens (tertiary/aromatic N) is 3. The Morgan fingerprint density at radius 3 is 2.60 bits per heavy atom. The smallest absolute Gasteiger partial charge is 0.302 e. The molecule has 0 bridgehead atoms. The van der Waals surface area contributed by atoms with E-state index in [2.05, 4.69) is 15.0 Å². The van der Waals surface area contributed by atoms with Gasteiger partial charge in [0.1, 0.15) is 17.0 Å². The van der Waals surface area contributed by atoms with E-state index in [1.807, 2.05) is 0 Å². The Balaban J connectivity index is 2.13. The fourth-order valence-electron chi connectivity index (χ4n) is 2.24. The van der Waals surface area contributed by atoms with Crippen molar-refractivity contribution in [2.24, 2.45) is 16.5 Å². The van der Waals surface area contributed by atoms with Crippen molar-refractivity contribution >= 4 is 34.5 Å². The minimum absolute atomic E-state index is 0.00442. The van der Waals surface area contributed by atoms with Crippen LogP contribution in [-0.2, 0) is 0 Å². The summed E-state index contributed by atoms with van der Waals surface area (Å²) in [6.07, 6.45) is 0. The molecule has 0 saturated carbocycles. The van der Waals surface area contributed by atoms with Crippen molar-refractivity contribution in [3.8, 4) is 17.2 Å². The van der Waals surface area contributed by atoms with E-state index in [1.54, 1.807) is 31.4 Å². The number of aliphatic imine (C=N–C) groups is 1. The van der Waals surface area contributed by atoms with Crippen LogP contribution in [0.2, 0.25) is 0 Å². The van der Waals surface area contributed by atoms with Gasteiger partial charge in [0.05, 0.1) is 7.11 Å². The first-order chi connectivity index (χ1) is 11.9. The molecule has 2 heterocycles. The second-order valence-corrected chi connectivity index (χ2v) is 5.05. The number of hydrogen-bond donors (Lipinski definition) is 4. The number of benzene rings is 1. The predicted octanol–water partition coefficient (Wildman–Crippen LogP) is 0.476. The third-order valence-electron chi connectivity index (χ3n) is 3.34. The number of aromatic nitrogens is 2. The van der Waals surface area contributed by atoms with Crippen LogP contribution in [0, 0.1) is 0 Å². The first-order valence-electron chi connectivity index (χ1n) is 7.04. The monoisotopic (exact) mass is 341 g/mol. The van der Waals surface area contributed by atoms with E-state index in [0.717, 1.165) is 5.39 Å². The second-order valence-electron chi connectivity index (χ2n) is 5.05. The average molecular weight is 341 g/mol. The summed E-state index contributed by atoms with van der Waals surface area (Å²) < 4.78 is 10.9. The number of carbonyl (C=O) groups excluding carboxylic acids is 1. The number of hydrogen-bond acceptors (Lipinski definition) is 7. The van der Waals surface area contributed by atoms with Crippen molar-refractivity contribution in [2.45, 2.75) is 0 Å². The molecule has 3 aromatic rings.